The average Bonchev–Trinajstić information content (AvgIpc) is 3.82. The summed E-state index contributed by atoms with van der Waals surface area (Å²) in [6.45, 7) is 0. The van der Waals surface area contributed by atoms with E-state index in [4.69, 9.17) is 0 Å². The van der Waals surface area contributed by atoms with Gasteiger partial charge in [0.25, 0.3) is 0 Å². The van der Waals surface area contributed by atoms with Gasteiger partial charge in [-0.2, -0.15) is 0 Å². The first kappa shape index (κ1) is 27.1. The van der Waals surface area contributed by atoms with Gasteiger partial charge in [0, 0.05) is 53.1 Å². The van der Waals surface area contributed by atoms with Crippen molar-refractivity contribution >= 4 is 81.1 Å². The van der Waals surface area contributed by atoms with Gasteiger partial charge in [0.2, 0.25) is 0 Å². The minimum Gasteiger partial charge on any atom is -0.310 e. The van der Waals surface area contributed by atoms with Crippen LogP contribution < -0.4 is 0 Å². The van der Waals surface area contributed by atoms with Crippen LogP contribution in [-0.4, -0.2) is 9.13 Å². The molecular formula is C46H30N2S. The molecule has 0 saturated heterocycles. The van der Waals surface area contributed by atoms with Crippen LogP contribution in [0.15, 0.2) is 152 Å². The van der Waals surface area contributed by atoms with Crippen molar-refractivity contribution in [2.75, 3.05) is 0 Å². The summed E-state index contributed by atoms with van der Waals surface area (Å²) in [6.07, 6.45) is 6.77. The molecule has 10 aromatic rings. The zero-order valence-electron chi connectivity index (χ0n) is 26.7. The van der Waals surface area contributed by atoms with Crippen LogP contribution in [0, 0.1) is 0 Å². The van der Waals surface area contributed by atoms with Crippen molar-refractivity contribution in [3.8, 4) is 22.5 Å². The van der Waals surface area contributed by atoms with Gasteiger partial charge in [-0.1, -0.05) is 103 Å². The van der Waals surface area contributed by atoms with Crippen LogP contribution in [0.1, 0.15) is 17.7 Å². The zero-order chi connectivity index (χ0) is 32.1. The fraction of sp³-hybridized carbons (Fsp3) is 0.0435. The lowest BCUT2D eigenvalue weighted by Crippen LogP contribution is -1.99. The number of hydrogen-bond donors (Lipinski definition) is 0. The van der Waals surface area contributed by atoms with Crippen molar-refractivity contribution < 1.29 is 0 Å². The molecule has 0 bridgehead atoms. The summed E-state index contributed by atoms with van der Waals surface area (Å²) in [4.78, 5) is 0. The summed E-state index contributed by atoms with van der Waals surface area (Å²) >= 11 is 1.90. The molecule has 0 saturated carbocycles. The number of rotatable bonds is 3. The van der Waals surface area contributed by atoms with Crippen LogP contribution in [0.4, 0.5) is 0 Å². The first-order valence-corrected chi connectivity index (χ1v) is 17.9. The largest absolute Gasteiger partial charge is 0.310 e. The van der Waals surface area contributed by atoms with Gasteiger partial charge in [0.05, 0.1) is 22.2 Å². The van der Waals surface area contributed by atoms with E-state index in [1.54, 1.807) is 0 Å². The van der Waals surface area contributed by atoms with Crippen molar-refractivity contribution in [3.63, 3.8) is 0 Å². The molecule has 230 valence electrons. The quantitative estimate of drug-likeness (QED) is 0.181. The first-order valence-electron chi connectivity index (χ1n) is 17.1. The summed E-state index contributed by atoms with van der Waals surface area (Å²) in [5, 5.41) is 9.11. The lowest BCUT2D eigenvalue weighted by Gasteiger charge is -2.14. The Morgan fingerprint density at radius 2 is 1.29 bits per heavy atom. The highest BCUT2D eigenvalue weighted by molar-refractivity contribution is 7.26. The summed E-state index contributed by atoms with van der Waals surface area (Å²) in [5.41, 5.74) is 11.5. The van der Waals surface area contributed by atoms with Gasteiger partial charge in [0.1, 0.15) is 0 Å². The zero-order valence-corrected chi connectivity index (χ0v) is 27.5. The highest BCUT2D eigenvalue weighted by Gasteiger charge is 2.24. The van der Waals surface area contributed by atoms with E-state index in [1.807, 2.05) is 11.3 Å². The van der Waals surface area contributed by atoms with E-state index >= 15 is 0 Å². The number of thiophene rings is 1. The molecule has 1 aliphatic rings. The summed E-state index contributed by atoms with van der Waals surface area (Å²) in [7, 11) is 0. The maximum Gasteiger partial charge on any atom is 0.0640 e. The Labute approximate surface area is 287 Å². The monoisotopic (exact) mass is 642 g/mol. The van der Waals surface area contributed by atoms with Gasteiger partial charge in [-0.05, 0) is 89.5 Å². The smallest absolute Gasteiger partial charge is 0.0640 e. The third-order valence-electron chi connectivity index (χ3n) is 10.6. The van der Waals surface area contributed by atoms with Crippen LogP contribution in [0.2, 0.25) is 0 Å². The second-order valence-corrected chi connectivity index (χ2v) is 14.3. The van der Waals surface area contributed by atoms with Gasteiger partial charge in [-0.25, -0.2) is 0 Å². The lowest BCUT2D eigenvalue weighted by molar-refractivity contribution is 0.967. The Bertz CT molecular complexity index is 2980. The van der Waals surface area contributed by atoms with E-state index < -0.39 is 0 Å². The number of fused-ring (bicyclic) bond motifs is 11. The Kier molecular flexibility index (Phi) is 5.69. The molecule has 0 amide bonds. The number of nitrogens with zero attached hydrogens (tertiary/aromatic N) is 2. The van der Waals surface area contributed by atoms with Crippen LogP contribution in [-0.2, 0) is 6.42 Å². The van der Waals surface area contributed by atoms with Crippen molar-refractivity contribution in [1.82, 2.24) is 9.13 Å². The topological polar surface area (TPSA) is 9.86 Å². The third-order valence-corrected chi connectivity index (χ3v) is 11.7. The molecule has 0 fully saturated rings. The fourth-order valence-electron chi connectivity index (χ4n) is 8.50. The van der Waals surface area contributed by atoms with E-state index in [-0.39, 0.29) is 0 Å². The number of benzene rings is 7. The summed E-state index contributed by atoms with van der Waals surface area (Å²) in [5.74, 6) is 0. The van der Waals surface area contributed by atoms with Crippen LogP contribution >= 0.6 is 11.3 Å². The van der Waals surface area contributed by atoms with E-state index in [2.05, 4.69) is 167 Å². The minimum atomic E-state index is 1.05. The molecular weight excluding hydrogens is 613 g/mol. The van der Waals surface area contributed by atoms with Crippen LogP contribution in [0.3, 0.4) is 0 Å². The second-order valence-electron chi connectivity index (χ2n) is 13.2. The van der Waals surface area contributed by atoms with Crippen molar-refractivity contribution in [3.05, 3.63) is 163 Å². The van der Waals surface area contributed by atoms with Crippen molar-refractivity contribution in [1.29, 1.82) is 0 Å². The number of aromatic nitrogens is 2. The highest BCUT2D eigenvalue weighted by Crippen LogP contribution is 2.48. The molecule has 1 aliphatic carbocycles. The molecule has 0 unspecified atom stereocenters. The van der Waals surface area contributed by atoms with Gasteiger partial charge < -0.3 is 9.13 Å². The van der Waals surface area contributed by atoms with Crippen molar-refractivity contribution in [2.45, 2.75) is 12.8 Å². The van der Waals surface area contributed by atoms with Crippen LogP contribution in [0.5, 0.6) is 0 Å². The van der Waals surface area contributed by atoms with E-state index in [0.717, 1.165) is 12.8 Å². The number of allylic oxidation sites excluding steroid dienone is 1. The van der Waals surface area contributed by atoms with Gasteiger partial charge in [-0.15, -0.1) is 11.3 Å². The molecule has 3 aromatic heterocycles. The fourth-order valence-corrected chi connectivity index (χ4v) is 9.65. The Balaban J connectivity index is 1.30. The Morgan fingerprint density at radius 3 is 2.20 bits per heavy atom. The standard InChI is InChI=1S/C46H30N2S/c1-2-15-31(16-3-1)47-39-21-9-6-18-33(39)37-27-30(25-26-41(37)47)36-28-43-45(35-20-8-11-24-42(35)49-43)46-44(36)34-19-7-10-22-40(34)48(46)38-23-12-14-29-13-4-5-17-32(29)38/h1-5,7-17,19-28H,6,18H2. The minimum absolute atomic E-state index is 1.05. The predicted molar refractivity (Wildman–Crippen MR) is 211 cm³/mol. The number of hydrogen-bond acceptors (Lipinski definition) is 1. The molecule has 11 rings (SSSR count). The summed E-state index contributed by atoms with van der Waals surface area (Å²) < 4.78 is 7.64. The van der Waals surface area contributed by atoms with E-state index in [1.165, 1.54) is 97.4 Å². The predicted octanol–water partition coefficient (Wildman–Crippen LogP) is 12.9. The number of para-hydroxylation sites is 2. The average molecular weight is 643 g/mol. The molecule has 0 spiro atoms. The lowest BCUT2D eigenvalue weighted by atomic mass is 9.94. The van der Waals surface area contributed by atoms with E-state index in [9.17, 15) is 0 Å². The Hall–Kier alpha value is -5.90. The maximum atomic E-state index is 2.55. The van der Waals surface area contributed by atoms with Gasteiger partial charge in [0.15, 0.2) is 0 Å². The normalized spacial score (nSPS) is 13.1. The maximum absolute atomic E-state index is 2.55. The SMILES string of the molecule is C1=Cc2c(c3cc(-c4cc5sc6ccccc6c5c5c4c4ccccc4n5-c4cccc5ccccc45)ccc3n2-c2ccccc2)CC1. The van der Waals surface area contributed by atoms with Crippen molar-refractivity contribution in [2.24, 2.45) is 0 Å². The first-order chi connectivity index (χ1) is 24.3. The highest BCUT2D eigenvalue weighted by atomic mass is 32.1. The van der Waals surface area contributed by atoms with Crippen LogP contribution in [0.25, 0.3) is 92.2 Å². The molecule has 2 nitrogen and oxygen atoms in total. The third kappa shape index (κ3) is 3.82. The molecule has 49 heavy (non-hydrogen) atoms. The molecule has 0 atom stereocenters. The number of aryl methyl sites for hydroxylation is 1. The van der Waals surface area contributed by atoms with Gasteiger partial charge in [-0.3, -0.25) is 0 Å². The molecule has 7 aromatic carbocycles. The molecule has 3 heterocycles. The second kappa shape index (κ2) is 10.3. The van der Waals surface area contributed by atoms with Gasteiger partial charge >= 0.3 is 0 Å². The summed E-state index contributed by atoms with van der Waals surface area (Å²) in [6, 6.07) is 53.9. The van der Waals surface area contributed by atoms with E-state index in [0.29, 0.717) is 0 Å². The molecule has 0 aliphatic heterocycles. The molecule has 3 heteroatoms. The Morgan fingerprint density at radius 1 is 0.531 bits per heavy atom. The molecule has 0 N–H and O–H groups in total. The molecule has 0 radical (unpaired) electrons.